The monoisotopic (exact) mass is 265 g/mol. The van der Waals surface area contributed by atoms with Crippen LogP contribution >= 0.6 is 7.55 Å². The highest BCUT2D eigenvalue weighted by atomic mass is 31.1. The molecule has 0 aromatic heterocycles. The molecule has 0 spiro atoms. The molecule has 1 heteroatoms. The van der Waals surface area contributed by atoms with Crippen LogP contribution in [-0.2, 0) is 0 Å². The van der Waals surface area contributed by atoms with Gasteiger partial charge in [-0.25, -0.2) is 0 Å². The second kappa shape index (κ2) is 8.92. The van der Waals surface area contributed by atoms with E-state index in [0.29, 0.717) is 0 Å². The van der Waals surface area contributed by atoms with Gasteiger partial charge in [0, 0.05) is 12.8 Å². The lowest BCUT2D eigenvalue weighted by Crippen LogP contribution is -1.87. The van der Waals surface area contributed by atoms with Crippen LogP contribution in [0.5, 0.6) is 0 Å². The third kappa shape index (κ3) is 5.27. The van der Waals surface area contributed by atoms with Gasteiger partial charge in [0.1, 0.15) is 19.0 Å². The van der Waals surface area contributed by atoms with Crippen LogP contribution in [0.4, 0.5) is 0 Å². The van der Waals surface area contributed by atoms with Gasteiger partial charge >= 0.3 is 0 Å². The zero-order chi connectivity index (χ0) is 12.5. The van der Waals surface area contributed by atoms with Crippen molar-refractivity contribution in [3.8, 4) is 0 Å². The molecule has 0 aromatic carbocycles. The Morgan fingerprint density at radius 3 is 2.22 bits per heavy atom. The highest BCUT2D eigenvalue weighted by Crippen LogP contribution is 2.40. The molecule has 0 amide bonds. The van der Waals surface area contributed by atoms with E-state index in [9.17, 15) is 0 Å². The number of hydrogen-bond acceptors (Lipinski definition) is 0. The van der Waals surface area contributed by atoms with Gasteiger partial charge in [-0.1, -0.05) is 32.1 Å². The zero-order valence-electron chi connectivity index (χ0n) is 12.0. The van der Waals surface area contributed by atoms with Crippen molar-refractivity contribution in [1.82, 2.24) is 0 Å². The maximum Gasteiger partial charge on any atom is 0.123 e. The fourth-order valence-electron chi connectivity index (χ4n) is 3.17. The van der Waals surface area contributed by atoms with Crippen molar-refractivity contribution in [2.24, 2.45) is 0 Å². The lowest BCUT2D eigenvalue weighted by molar-refractivity contribution is 0.631. The Balaban J connectivity index is 1.99. The van der Waals surface area contributed by atoms with E-state index in [0.717, 1.165) is 0 Å². The Kier molecular flexibility index (Phi) is 7.09. The number of allylic oxidation sites excluding steroid dienone is 2. The molecule has 0 bridgehead atoms. The van der Waals surface area contributed by atoms with E-state index in [1.165, 1.54) is 89.6 Å². The van der Waals surface area contributed by atoms with Gasteiger partial charge in [-0.3, -0.25) is 0 Å². The summed E-state index contributed by atoms with van der Waals surface area (Å²) in [6.45, 7) is 0. The number of rotatable bonds is 1. The Morgan fingerprint density at radius 1 is 0.667 bits per heavy atom. The van der Waals surface area contributed by atoms with E-state index in [2.05, 4.69) is 11.9 Å². The highest BCUT2D eigenvalue weighted by Gasteiger charge is 2.18. The van der Waals surface area contributed by atoms with Crippen LogP contribution in [-0.4, -0.2) is 12.0 Å². The van der Waals surface area contributed by atoms with E-state index in [1.54, 1.807) is 0 Å². The first kappa shape index (κ1) is 14.3. The topological polar surface area (TPSA) is 0 Å². The second-order valence-electron chi connectivity index (χ2n) is 5.93. The van der Waals surface area contributed by atoms with E-state index in [4.69, 9.17) is 0 Å². The molecule has 1 atom stereocenters. The molecule has 0 aromatic rings. The molecule has 18 heavy (non-hydrogen) atoms. The predicted molar refractivity (Wildman–Crippen MR) is 86.0 cm³/mol. The summed E-state index contributed by atoms with van der Waals surface area (Å²) in [5, 5.41) is 1.87. The largest absolute Gasteiger partial charge is 0.123 e. The molecule has 0 N–H and O–H groups in total. The SMILES string of the molecule is C1=C(/[P+]2=C/CCCCCCC2)CCCCCCC/1. The second-order valence-corrected chi connectivity index (χ2v) is 8.26. The smallest absolute Gasteiger partial charge is 0.0533 e. The third-order valence-corrected chi connectivity index (χ3v) is 6.98. The number of hydrogen-bond donors (Lipinski definition) is 0. The van der Waals surface area contributed by atoms with Gasteiger partial charge < -0.3 is 0 Å². The Labute approximate surface area is 115 Å². The molecule has 0 fully saturated rings. The first-order chi connectivity index (χ1) is 8.97. The first-order valence-corrected chi connectivity index (χ1v) is 9.85. The summed E-state index contributed by atoms with van der Waals surface area (Å²) in [5.74, 6) is 2.73. The average molecular weight is 265 g/mol. The Morgan fingerprint density at radius 2 is 1.33 bits per heavy atom. The summed E-state index contributed by atoms with van der Waals surface area (Å²) in [6.07, 6.45) is 23.0. The van der Waals surface area contributed by atoms with Gasteiger partial charge in [-0.2, -0.15) is 0 Å². The van der Waals surface area contributed by atoms with Gasteiger partial charge in [0.05, 0.1) is 5.80 Å². The van der Waals surface area contributed by atoms with Gasteiger partial charge in [-0.05, 0) is 44.6 Å². The van der Waals surface area contributed by atoms with Crippen LogP contribution in [0.3, 0.4) is 0 Å². The van der Waals surface area contributed by atoms with Crippen molar-refractivity contribution in [2.45, 2.75) is 83.5 Å². The predicted octanol–water partition coefficient (Wildman–Crippen LogP) is 6.25. The molecule has 0 saturated heterocycles. The van der Waals surface area contributed by atoms with Crippen molar-refractivity contribution in [1.29, 1.82) is 0 Å². The third-order valence-electron chi connectivity index (χ3n) is 4.34. The normalized spacial score (nSPS) is 30.2. The molecular formula is C17H30P+. The molecule has 0 radical (unpaired) electrons. The molecule has 0 saturated carbocycles. The molecule has 1 unspecified atom stereocenters. The minimum absolute atomic E-state index is 0.145. The molecule has 2 aliphatic rings. The first-order valence-electron chi connectivity index (χ1n) is 8.26. The summed E-state index contributed by atoms with van der Waals surface area (Å²) >= 11 is 0. The molecule has 0 nitrogen and oxygen atoms in total. The molecule has 1 aliphatic heterocycles. The summed E-state index contributed by atoms with van der Waals surface area (Å²) in [4.78, 5) is 0. The van der Waals surface area contributed by atoms with Gasteiger partial charge in [0.15, 0.2) is 0 Å². The summed E-state index contributed by atoms with van der Waals surface area (Å²) in [6, 6.07) is 0. The van der Waals surface area contributed by atoms with E-state index >= 15 is 0 Å². The van der Waals surface area contributed by atoms with Crippen LogP contribution in [0.1, 0.15) is 83.5 Å². The quantitative estimate of drug-likeness (QED) is 0.491. The Bertz CT molecular complexity index is 258. The Hall–Kier alpha value is -0.0900. The summed E-state index contributed by atoms with van der Waals surface area (Å²) in [7, 11) is 0.145. The van der Waals surface area contributed by atoms with E-state index in [1.807, 2.05) is 5.31 Å². The molecule has 1 heterocycles. The van der Waals surface area contributed by atoms with Crippen LogP contribution < -0.4 is 0 Å². The van der Waals surface area contributed by atoms with Crippen molar-refractivity contribution in [3.63, 3.8) is 0 Å². The molecule has 2 rings (SSSR count). The maximum absolute atomic E-state index is 2.73. The van der Waals surface area contributed by atoms with Crippen LogP contribution in [0, 0.1) is 0 Å². The van der Waals surface area contributed by atoms with Crippen LogP contribution in [0.2, 0.25) is 0 Å². The minimum Gasteiger partial charge on any atom is -0.0533 e. The fraction of sp³-hybridized carbons (Fsp3) is 0.824. The van der Waals surface area contributed by atoms with E-state index in [-0.39, 0.29) is 7.55 Å². The highest BCUT2D eigenvalue weighted by molar-refractivity contribution is 7.61. The van der Waals surface area contributed by atoms with Crippen LogP contribution in [0.15, 0.2) is 11.4 Å². The summed E-state index contributed by atoms with van der Waals surface area (Å²) < 4.78 is 0. The van der Waals surface area contributed by atoms with Crippen molar-refractivity contribution in [3.05, 3.63) is 11.4 Å². The van der Waals surface area contributed by atoms with Gasteiger partial charge in [-0.15, -0.1) is 0 Å². The van der Waals surface area contributed by atoms with Crippen molar-refractivity contribution in [2.75, 3.05) is 6.16 Å². The lowest BCUT2D eigenvalue weighted by Gasteiger charge is -2.01. The van der Waals surface area contributed by atoms with Crippen molar-refractivity contribution < 1.29 is 0 Å². The molecule has 102 valence electrons. The lowest BCUT2D eigenvalue weighted by atomic mass is 10.1. The van der Waals surface area contributed by atoms with Gasteiger partial charge in [0.2, 0.25) is 0 Å². The zero-order valence-corrected chi connectivity index (χ0v) is 12.9. The van der Waals surface area contributed by atoms with E-state index < -0.39 is 0 Å². The minimum atomic E-state index is 0.145. The average Bonchev–Trinajstić information content (AvgIpc) is 2.61. The molecule has 1 aliphatic carbocycles. The van der Waals surface area contributed by atoms with Gasteiger partial charge in [0.25, 0.3) is 0 Å². The summed E-state index contributed by atoms with van der Waals surface area (Å²) in [5.41, 5.74) is 0. The fourth-order valence-corrected chi connectivity index (χ4v) is 5.74. The standard InChI is InChI=1S/C17H30P/c1-2-6-10-14-17(13-9-5-1)18-15-11-7-3-4-8-12-16-18/h13,15H,1-12,14,16H2/q+1/b17-13+. The van der Waals surface area contributed by atoms with Crippen LogP contribution in [0.25, 0.3) is 0 Å². The maximum atomic E-state index is 2.73. The van der Waals surface area contributed by atoms with Crippen molar-refractivity contribution >= 4 is 13.3 Å². The molecular weight excluding hydrogens is 235 g/mol.